The van der Waals surface area contributed by atoms with Crippen LogP contribution in [-0.4, -0.2) is 29.7 Å². The number of carbonyl (C=O) groups excluding carboxylic acids is 1. The number of allylic oxidation sites excluding steroid dienone is 4. The molecule has 37 heavy (non-hydrogen) atoms. The van der Waals surface area contributed by atoms with E-state index in [1.807, 2.05) is 32.9 Å². The first-order valence-corrected chi connectivity index (χ1v) is 15.3. The minimum Gasteiger partial charge on any atom is -0.377 e. The Labute approximate surface area is 221 Å². The van der Waals surface area contributed by atoms with Crippen molar-refractivity contribution in [2.75, 3.05) is 13.2 Å². The molecule has 0 spiro atoms. The highest BCUT2D eigenvalue weighted by atomic mass is 31.2. The number of fused-ring (bicyclic) bond motifs is 4. The third-order valence-electron chi connectivity index (χ3n) is 9.41. The van der Waals surface area contributed by atoms with E-state index in [-0.39, 0.29) is 11.3 Å². The number of benzene rings is 1. The SMILES string of the molecule is CC#C[C@]1(O)CC[C@H]2[C@@H]3CC=C4CC(=O)CCC4=C3[C@@H](c3ccc(P(=O)(OCC)OCC)cc3)C[C@@]21C. The first-order chi connectivity index (χ1) is 17.7. The second-order valence-electron chi connectivity index (χ2n) is 11.2. The molecule has 0 unspecified atom stereocenters. The van der Waals surface area contributed by atoms with Crippen molar-refractivity contribution in [3.8, 4) is 11.8 Å². The predicted octanol–water partition coefficient (Wildman–Crippen LogP) is 6.23. The molecule has 1 aromatic rings. The summed E-state index contributed by atoms with van der Waals surface area (Å²) in [6.07, 6.45) is 7.61. The Balaban J connectivity index is 1.61. The van der Waals surface area contributed by atoms with E-state index in [0.717, 1.165) is 31.2 Å². The van der Waals surface area contributed by atoms with Crippen molar-refractivity contribution in [1.29, 1.82) is 0 Å². The molecule has 5 nitrogen and oxygen atoms in total. The van der Waals surface area contributed by atoms with Crippen LogP contribution in [0.5, 0.6) is 0 Å². The zero-order valence-corrected chi connectivity index (χ0v) is 23.4. The normalized spacial score (nSPS) is 33.2. The standard InChI is InChI=1S/C31H39O5P/c1-5-17-31(33)18-16-28-26-14-10-22-19-23(32)11-15-25(22)29(26)27(20-30(28,31)4)21-8-12-24(13-9-21)37(34,35-6-2)36-7-3/h8-10,12-13,26-28,33H,6-7,11,14-16,18-20H2,1-4H3/t26-,27+,28-,30-,31-/m0/s1. The summed E-state index contributed by atoms with van der Waals surface area (Å²) in [6, 6.07) is 7.88. The van der Waals surface area contributed by atoms with Gasteiger partial charge in [-0.3, -0.25) is 9.36 Å². The average molecular weight is 523 g/mol. The summed E-state index contributed by atoms with van der Waals surface area (Å²) >= 11 is 0. The first kappa shape index (κ1) is 26.6. The van der Waals surface area contributed by atoms with Gasteiger partial charge in [-0.1, -0.05) is 36.6 Å². The lowest BCUT2D eigenvalue weighted by atomic mass is 9.51. The summed E-state index contributed by atoms with van der Waals surface area (Å²) in [5, 5.41) is 12.4. The van der Waals surface area contributed by atoms with E-state index in [2.05, 4.69) is 37.0 Å². The highest BCUT2D eigenvalue weighted by Crippen LogP contribution is 2.66. The van der Waals surface area contributed by atoms with Gasteiger partial charge in [-0.2, -0.15) is 0 Å². The molecule has 5 atom stereocenters. The van der Waals surface area contributed by atoms with Gasteiger partial charge in [0.25, 0.3) is 0 Å². The molecule has 0 radical (unpaired) electrons. The topological polar surface area (TPSA) is 72.8 Å². The van der Waals surface area contributed by atoms with E-state index in [9.17, 15) is 14.5 Å². The summed E-state index contributed by atoms with van der Waals surface area (Å²) in [5.74, 6) is 7.34. The molecular weight excluding hydrogens is 483 g/mol. The second kappa shape index (κ2) is 9.97. The molecule has 0 aromatic heterocycles. The fourth-order valence-electron chi connectivity index (χ4n) is 7.73. The second-order valence-corrected chi connectivity index (χ2v) is 13.2. The third-order valence-corrected chi connectivity index (χ3v) is 11.5. The number of rotatable bonds is 6. The minimum atomic E-state index is -3.37. The summed E-state index contributed by atoms with van der Waals surface area (Å²) in [6.45, 7) is 8.30. The summed E-state index contributed by atoms with van der Waals surface area (Å²) < 4.78 is 24.5. The first-order valence-electron chi connectivity index (χ1n) is 13.8. The van der Waals surface area contributed by atoms with Crippen LogP contribution in [-0.2, 0) is 18.4 Å². The van der Waals surface area contributed by atoms with Gasteiger partial charge in [0.05, 0.1) is 18.5 Å². The number of hydrogen-bond acceptors (Lipinski definition) is 5. The number of Topliss-reactive ketones (excluding diaryl/α,β-unsaturated/α-hetero) is 1. The third kappa shape index (κ3) is 4.31. The molecule has 3 fully saturated rings. The van der Waals surface area contributed by atoms with E-state index in [4.69, 9.17) is 9.05 Å². The fourth-order valence-corrected chi connectivity index (χ4v) is 9.29. The van der Waals surface area contributed by atoms with Crippen molar-refractivity contribution in [2.24, 2.45) is 17.3 Å². The molecule has 3 saturated carbocycles. The number of aliphatic hydroxyl groups is 1. The molecule has 6 heteroatoms. The lowest BCUT2D eigenvalue weighted by Crippen LogP contribution is -2.50. The van der Waals surface area contributed by atoms with Gasteiger partial charge in [-0.25, -0.2) is 0 Å². The van der Waals surface area contributed by atoms with Crippen molar-refractivity contribution in [2.45, 2.75) is 84.2 Å². The van der Waals surface area contributed by atoms with E-state index < -0.39 is 13.2 Å². The smallest absolute Gasteiger partial charge is 0.361 e. The van der Waals surface area contributed by atoms with Crippen LogP contribution < -0.4 is 5.30 Å². The van der Waals surface area contributed by atoms with Gasteiger partial charge in [0.15, 0.2) is 0 Å². The van der Waals surface area contributed by atoms with Crippen LogP contribution in [0.3, 0.4) is 0 Å². The van der Waals surface area contributed by atoms with Gasteiger partial charge in [0, 0.05) is 24.2 Å². The fraction of sp³-hybridized carbons (Fsp3) is 0.581. The van der Waals surface area contributed by atoms with Crippen LogP contribution in [0.1, 0.15) is 84.1 Å². The summed E-state index contributed by atoms with van der Waals surface area (Å²) in [7, 11) is -3.37. The van der Waals surface area contributed by atoms with Crippen molar-refractivity contribution in [1.82, 2.24) is 0 Å². The lowest BCUT2D eigenvalue weighted by molar-refractivity contribution is -0.118. The number of ketones is 1. The molecular formula is C31H39O5P. The molecule has 5 rings (SSSR count). The van der Waals surface area contributed by atoms with Crippen molar-refractivity contribution in [3.05, 3.63) is 52.6 Å². The van der Waals surface area contributed by atoms with Crippen LogP contribution in [0.15, 0.2) is 47.1 Å². The van der Waals surface area contributed by atoms with Crippen LogP contribution in [0.4, 0.5) is 0 Å². The molecule has 0 heterocycles. The van der Waals surface area contributed by atoms with Gasteiger partial charge in [0.2, 0.25) is 0 Å². The van der Waals surface area contributed by atoms with Crippen molar-refractivity contribution in [3.63, 3.8) is 0 Å². The monoisotopic (exact) mass is 522 g/mol. The van der Waals surface area contributed by atoms with Crippen LogP contribution in [0.25, 0.3) is 0 Å². The molecule has 1 N–H and O–H groups in total. The highest BCUT2D eigenvalue weighted by molar-refractivity contribution is 7.62. The minimum absolute atomic E-state index is 0.106. The number of carbonyl (C=O) groups is 1. The largest absolute Gasteiger partial charge is 0.377 e. The maximum absolute atomic E-state index is 13.4. The Kier molecular flexibility index (Phi) is 7.18. The quantitative estimate of drug-likeness (QED) is 0.354. The Bertz CT molecular complexity index is 1240. The van der Waals surface area contributed by atoms with Crippen LogP contribution >= 0.6 is 7.60 Å². The van der Waals surface area contributed by atoms with Crippen LogP contribution in [0.2, 0.25) is 0 Å². The zero-order chi connectivity index (χ0) is 26.4. The van der Waals surface area contributed by atoms with Crippen LogP contribution in [0, 0.1) is 29.1 Å². The van der Waals surface area contributed by atoms with E-state index >= 15 is 0 Å². The van der Waals surface area contributed by atoms with Gasteiger partial charge < -0.3 is 14.2 Å². The van der Waals surface area contributed by atoms with Gasteiger partial charge in [-0.05, 0) is 93.6 Å². The molecule has 0 bridgehead atoms. The molecule has 0 saturated heterocycles. The van der Waals surface area contributed by atoms with Gasteiger partial charge in [-0.15, -0.1) is 5.92 Å². The van der Waals surface area contributed by atoms with Crippen molar-refractivity contribution >= 4 is 18.7 Å². The van der Waals surface area contributed by atoms with E-state index in [0.29, 0.717) is 55.4 Å². The van der Waals surface area contributed by atoms with E-state index in [1.165, 1.54) is 16.7 Å². The Morgan fingerprint density at radius 2 is 1.84 bits per heavy atom. The van der Waals surface area contributed by atoms with E-state index in [1.54, 1.807) is 0 Å². The molecule has 198 valence electrons. The Hall–Kier alpha value is -1.96. The summed E-state index contributed by atoms with van der Waals surface area (Å²) in [4.78, 5) is 12.3. The highest BCUT2D eigenvalue weighted by Gasteiger charge is 2.62. The van der Waals surface area contributed by atoms with Gasteiger partial charge in [0.1, 0.15) is 11.4 Å². The molecule has 0 amide bonds. The summed E-state index contributed by atoms with van der Waals surface area (Å²) in [5.41, 5.74) is 3.85. The number of hydrogen-bond donors (Lipinski definition) is 1. The maximum atomic E-state index is 13.4. The molecule has 4 aliphatic carbocycles. The maximum Gasteiger partial charge on any atom is 0.361 e. The van der Waals surface area contributed by atoms with Crippen molar-refractivity contribution < 1.29 is 23.5 Å². The Morgan fingerprint density at radius 3 is 2.49 bits per heavy atom. The van der Waals surface area contributed by atoms with Gasteiger partial charge >= 0.3 is 7.60 Å². The zero-order valence-electron chi connectivity index (χ0n) is 22.5. The predicted molar refractivity (Wildman–Crippen MR) is 146 cm³/mol. The Morgan fingerprint density at radius 1 is 1.14 bits per heavy atom. The average Bonchev–Trinajstić information content (AvgIpc) is 3.14. The molecule has 1 aromatic carbocycles. The molecule has 0 aliphatic heterocycles. The molecule has 4 aliphatic rings. The lowest BCUT2D eigenvalue weighted by Gasteiger charge is -2.53.